The quantitative estimate of drug-likeness (QED) is 0.218. The van der Waals surface area contributed by atoms with Gasteiger partial charge in [0.05, 0.1) is 12.8 Å². The maximum atomic E-state index is 12.9. The Bertz CT molecular complexity index is 1310. The lowest BCUT2D eigenvalue weighted by atomic mass is 10.2. The van der Waals surface area contributed by atoms with Crippen molar-refractivity contribution in [3.05, 3.63) is 82.6 Å². The Morgan fingerprint density at radius 1 is 0.919 bits per heavy atom. The van der Waals surface area contributed by atoms with Crippen molar-refractivity contribution in [3.63, 3.8) is 0 Å². The van der Waals surface area contributed by atoms with Crippen molar-refractivity contribution in [1.82, 2.24) is 5.43 Å². The highest BCUT2D eigenvalue weighted by Gasteiger charge is 2.13. The van der Waals surface area contributed by atoms with Crippen LogP contribution in [0.25, 0.3) is 0 Å². The van der Waals surface area contributed by atoms with Gasteiger partial charge in [0.15, 0.2) is 18.1 Å². The number of carbonyl (C=O) groups excluding carboxylic acids is 3. The van der Waals surface area contributed by atoms with Gasteiger partial charge in [-0.3, -0.25) is 14.4 Å². The topological polar surface area (TPSA) is 118 Å². The molecule has 0 atom stereocenters. The molecule has 192 valence electrons. The van der Waals surface area contributed by atoms with Crippen LogP contribution >= 0.6 is 11.6 Å². The molecule has 0 saturated carbocycles. The highest BCUT2D eigenvalue weighted by molar-refractivity contribution is 6.39. The summed E-state index contributed by atoms with van der Waals surface area (Å²) in [7, 11) is 0. The van der Waals surface area contributed by atoms with Gasteiger partial charge in [-0.05, 0) is 79.6 Å². The molecule has 0 fully saturated rings. The number of rotatable bonds is 9. The maximum absolute atomic E-state index is 12.9. The Morgan fingerprint density at radius 3 is 2.35 bits per heavy atom. The number of hydrogen-bond acceptors (Lipinski definition) is 6. The van der Waals surface area contributed by atoms with Crippen LogP contribution in [0.4, 0.5) is 15.8 Å². The van der Waals surface area contributed by atoms with E-state index in [0.29, 0.717) is 34.4 Å². The van der Waals surface area contributed by atoms with Crippen molar-refractivity contribution >= 4 is 46.9 Å². The first-order valence-electron chi connectivity index (χ1n) is 11.1. The number of nitrogens with one attached hydrogen (secondary N) is 3. The summed E-state index contributed by atoms with van der Waals surface area (Å²) in [6.07, 6.45) is 1.31. The van der Waals surface area contributed by atoms with E-state index in [1.54, 1.807) is 43.3 Å². The van der Waals surface area contributed by atoms with Gasteiger partial charge >= 0.3 is 11.8 Å². The molecule has 0 aromatic heterocycles. The Labute approximate surface area is 217 Å². The number of aryl methyl sites for hydroxylation is 1. The molecule has 0 unspecified atom stereocenters. The van der Waals surface area contributed by atoms with Crippen LogP contribution in [0, 0.1) is 12.7 Å². The first kappa shape index (κ1) is 27.2. The van der Waals surface area contributed by atoms with E-state index >= 15 is 0 Å². The second-order valence-corrected chi connectivity index (χ2v) is 8.01. The van der Waals surface area contributed by atoms with Crippen LogP contribution in [0.15, 0.2) is 65.8 Å². The average molecular weight is 527 g/mol. The lowest BCUT2D eigenvalue weighted by molar-refractivity contribution is -0.136. The smallest absolute Gasteiger partial charge is 0.329 e. The molecule has 0 aliphatic carbocycles. The molecule has 0 spiro atoms. The number of halogens is 2. The Hall–Kier alpha value is -4.44. The average Bonchev–Trinajstić information content (AvgIpc) is 2.87. The Morgan fingerprint density at radius 2 is 1.65 bits per heavy atom. The summed E-state index contributed by atoms with van der Waals surface area (Å²) in [5.74, 6) is -2.13. The number of anilines is 2. The lowest BCUT2D eigenvalue weighted by Crippen LogP contribution is -2.32. The maximum Gasteiger partial charge on any atom is 0.329 e. The van der Waals surface area contributed by atoms with E-state index in [9.17, 15) is 18.8 Å². The summed E-state index contributed by atoms with van der Waals surface area (Å²) in [5.41, 5.74) is 4.36. The van der Waals surface area contributed by atoms with Crippen LogP contribution in [0.3, 0.4) is 0 Å². The minimum absolute atomic E-state index is 0.263. The molecule has 0 aliphatic heterocycles. The summed E-state index contributed by atoms with van der Waals surface area (Å²) >= 11 is 6.08. The van der Waals surface area contributed by atoms with Gasteiger partial charge in [0, 0.05) is 16.4 Å². The van der Waals surface area contributed by atoms with Crippen molar-refractivity contribution in [2.24, 2.45) is 5.10 Å². The van der Waals surface area contributed by atoms with Gasteiger partial charge in [-0.2, -0.15) is 5.10 Å². The van der Waals surface area contributed by atoms with Gasteiger partial charge in [0.2, 0.25) is 0 Å². The SMILES string of the molecule is CCOc1cc(/C=N\NC(=O)C(=O)Nc2ccc(F)cc2)ccc1OCC(=O)Nc1ccc(C)c(Cl)c1. The third-order valence-electron chi connectivity index (χ3n) is 4.77. The van der Waals surface area contributed by atoms with Crippen LogP contribution in [0.1, 0.15) is 18.1 Å². The zero-order chi connectivity index (χ0) is 26.8. The minimum Gasteiger partial charge on any atom is -0.490 e. The summed E-state index contributed by atoms with van der Waals surface area (Å²) in [6, 6.07) is 15.0. The Kier molecular flexibility index (Phi) is 9.56. The highest BCUT2D eigenvalue weighted by atomic mass is 35.5. The van der Waals surface area contributed by atoms with Gasteiger partial charge in [-0.1, -0.05) is 17.7 Å². The van der Waals surface area contributed by atoms with E-state index < -0.39 is 17.6 Å². The van der Waals surface area contributed by atoms with Crippen molar-refractivity contribution in [2.45, 2.75) is 13.8 Å². The molecule has 3 aromatic carbocycles. The Balaban J connectivity index is 1.55. The molecule has 0 heterocycles. The van der Waals surface area contributed by atoms with Crippen molar-refractivity contribution in [1.29, 1.82) is 0 Å². The number of ether oxygens (including phenoxy) is 2. The molecule has 3 amide bonds. The van der Waals surface area contributed by atoms with E-state index in [-0.39, 0.29) is 18.2 Å². The summed E-state index contributed by atoms with van der Waals surface area (Å²) in [4.78, 5) is 36.2. The van der Waals surface area contributed by atoms with E-state index in [4.69, 9.17) is 21.1 Å². The molecule has 9 nitrogen and oxygen atoms in total. The fourth-order valence-electron chi connectivity index (χ4n) is 2.94. The third-order valence-corrected chi connectivity index (χ3v) is 5.18. The predicted octanol–water partition coefficient (Wildman–Crippen LogP) is 4.29. The molecule has 3 rings (SSSR count). The van der Waals surface area contributed by atoms with Crippen LogP contribution in [-0.2, 0) is 14.4 Å². The van der Waals surface area contributed by atoms with E-state index in [2.05, 4.69) is 21.2 Å². The highest BCUT2D eigenvalue weighted by Crippen LogP contribution is 2.28. The zero-order valence-electron chi connectivity index (χ0n) is 20.0. The van der Waals surface area contributed by atoms with Crippen molar-refractivity contribution in [2.75, 3.05) is 23.8 Å². The van der Waals surface area contributed by atoms with Crippen molar-refractivity contribution in [3.8, 4) is 11.5 Å². The van der Waals surface area contributed by atoms with Gasteiger partial charge in [-0.15, -0.1) is 0 Å². The molecular formula is C26H24ClFN4O5. The van der Waals surface area contributed by atoms with Gasteiger partial charge in [0.25, 0.3) is 5.91 Å². The molecular weight excluding hydrogens is 503 g/mol. The predicted molar refractivity (Wildman–Crippen MR) is 139 cm³/mol. The first-order chi connectivity index (χ1) is 17.7. The fourth-order valence-corrected chi connectivity index (χ4v) is 3.12. The molecule has 0 aliphatic rings. The zero-order valence-corrected chi connectivity index (χ0v) is 20.8. The standard InChI is InChI=1S/C26H24ClFN4O5/c1-3-36-23-12-17(14-29-32-26(35)25(34)31-19-9-6-18(28)7-10-19)5-11-22(23)37-15-24(33)30-20-8-4-16(2)21(27)13-20/h4-14H,3,15H2,1-2H3,(H,30,33)(H,31,34)(H,32,35)/b29-14-. The molecule has 0 radical (unpaired) electrons. The number of nitrogens with zero attached hydrogens (tertiary/aromatic N) is 1. The van der Waals surface area contributed by atoms with E-state index in [0.717, 1.165) is 17.7 Å². The third kappa shape index (κ3) is 8.32. The van der Waals surface area contributed by atoms with E-state index in [1.807, 2.05) is 6.92 Å². The molecule has 0 saturated heterocycles. The van der Waals surface area contributed by atoms with Crippen molar-refractivity contribution < 1.29 is 28.2 Å². The normalized spacial score (nSPS) is 10.6. The molecule has 3 aromatic rings. The van der Waals surface area contributed by atoms with Crippen LogP contribution in [0.5, 0.6) is 11.5 Å². The monoisotopic (exact) mass is 526 g/mol. The first-order valence-corrected chi connectivity index (χ1v) is 11.5. The molecule has 3 N–H and O–H groups in total. The molecule has 0 bridgehead atoms. The summed E-state index contributed by atoms with van der Waals surface area (Å²) in [5, 5.41) is 9.34. The summed E-state index contributed by atoms with van der Waals surface area (Å²) < 4.78 is 24.1. The molecule has 11 heteroatoms. The number of hydrogen-bond donors (Lipinski definition) is 3. The number of hydrazone groups is 1. The largest absolute Gasteiger partial charge is 0.490 e. The van der Waals surface area contributed by atoms with Gasteiger partial charge in [0.1, 0.15) is 5.82 Å². The van der Waals surface area contributed by atoms with Crippen LogP contribution in [0.2, 0.25) is 5.02 Å². The summed E-state index contributed by atoms with van der Waals surface area (Å²) in [6.45, 7) is 3.73. The minimum atomic E-state index is -1.01. The van der Waals surface area contributed by atoms with Gasteiger partial charge < -0.3 is 20.1 Å². The number of amides is 3. The second kappa shape index (κ2) is 13.0. The number of benzene rings is 3. The fraction of sp³-hybridized carbons (Fsp3) is 0.154. The molecule has 37 heavy (non-hydrogen) atoms. The number of carbonyl (C=O) groups is 3. The van der Waals surface area contributed by atoms with Gasteiger partial charge in [-0.25, -0.2) is 9.82 Å². The lowest BCUT2D eigenvalue weighted by Gasteiger charge is -2.13. The van der Waals surface area contributed by atoms with E-state index in [1.165, 1.54) is 18.3 Å². The van der Waals surface area contributed by atoms with Crippen LogP contribution < -0.4 is 25.5 Å². The van der Waals surface area contributed by atoms with Crippen LogP contribution in [-0.4, -0.2) is 37.1 Å². The second-order valence-electron chi connectivity index (χ2n) is 7.60.